The number of hydrogen-bond acceptors (Lipinski definition) is 2. The highest BCUT2D eigenvalue weighted by atomic mass is 16.7. The zero-order valence-corrected chi connectivity index (χ0v) is 10.9. The first-order valence-electron chi connectivity index (χ1n) is 6.82. The van der Waals surface area contributed by atoms with Crippen LogP contribution in [0.3, 0.4) is 0 Å². The van der Waals surface area contributed by atoms with E-state index in [1.54, 1.807) is 0 Å². The number of benzene rings is 1. The summed E-state index contributed by atoms with van der Waals surface area (Å²) >= 11 is 0. The Morgan fingerprint density at radius 2 is 2.11 bits per heavy atom. The minimum Gasteiger partial charge on any atom is -0.353 e. The van der Waals surface area contributed by atoms with Gasteiger partial charge >= 0.3 is 0 Å². The molecule has 0 saturated carbocycles. The standard InChI is InChI=1S/C16H22O2/c1-14(15-9-3-2-4-10-15)8-7-13-18-16-11-5-6-12-17-16/h2-4,9-10,16H,1,5-8,11-13H2. The Hall–Kier alpha value is -1.12. The first-order chi connectivity index (χ1) is 8.86. The van der Waals surface area contributed by atoms with Crippen molar-refractivity contribution in [2.75, 3.05) is 13.2 Å². The smallest absolute Gasteiger partial charge is 0.157 e. The molecule has 1 aromatic carbocycles. The van der Waals surface area contributed by atoms with Gasteiger partial charge in [-0.2, -0.15) is 0 Å². The first kappa shape index (κ1) is 13.3. The highest BCUT2D eigenvalue weighted by Crippen LogP contribution is 2.18. The third-order valence-electron chi connectivity index (χ3n) is 3.25. The van der Waals surface area contributed by atoms with Crippen LogP contribution in [0.5, 0.6) is 0 Å². The van der Waals surface area contributed by atoms with E-state index in [2.05, 4.69) is 18.7 Å². The molecule has 1 aromatic rings. The maximum atomic E-state index is 5.71. The average Bonchev–Trinajstić information content (AvgIpc) is 2.45. The maximum absolute atomic E-state index is 5.71. The van der Waals surface area contributed by atoms with Crippen LogP contribution in [-0.2, 0) is 9.47 Å². The molecule has 0 amide bonds. The molecule has 0 N–H and O–H groups in total. The van der Waals surface area contributed by atoms with Crippen LogP contribution in [0.4, 0.5) is 0 Å². The molecule has 1 heterocycles. The minimum atomic E-state index is 0.0312. The summed E-state index contributed by atoms with van der Waals surface area (Å²) in [6.45, 7) is 5.73. The molecule has 1 aliphatic rings. The molecule has 1 atom stereocenters. The Kier molecular flexibility index (Phi) is 5.43. The Bertz CT molecular complexity index is 353. The van der Waals surface area contributed by atoms with Crippen LogP contribution in [0.15, 0.2) is 36.9 Å². The lowest BCUT2D eigenvalue weighted by molar-refractivity contribution is -0.162. The fourth-order valence-corrected chi connectivity index (χ4v) is 2.16. The predicted molar refractivity (Wildman–Crippen MR) is 74.3 cm³/mol. The van der Waals surface area contributed by atoms with Gasteiger partial charge in [0.2, 0.25) is 0 Å². The Morgan fingerprint density at radius 3 is 2.83 bits per heavy atom. The van der Waals surface area contributed by atoms with Crippen molar-refractivity contribution in [2.24, 2.45) is 0 Å². The van der Waals surface area contributed by atoms with Crippen LogP contribution in [0.25, 0.3) is 5.57 Å². The Labute approximate surface area is 110 Å². The van der Waals surface area contributed by atoms with Crippen molar-refractivity contribution < 1.29 is 9.47 Å². The molecule has 98 valence electrons. The summed E-state index contributed by atoms with van der Waals surface area (Å²) in [5.74, 6) is 0. The lowest BCUT2D eigenvalue weighted by atomic mass is 10.0. The van der Waals surface area contributed by atoms with Crippen molar-refractivity contribution in [1.29, 1.82) is 0 Å². The van der Waals surface area contributed by atoms with Gasteiger partial charge in [-0.1, -0.05) is 36.9 Å². The van der Waals surface area contributed by atoms with Gasteiger partial charge in [-0.15, -0.1) is 0 Å². The minimum absolute atomic E-state index is 0.0312. The normalized spacial score (nSPS) is 19.7. The largest absolute Gasteiger partial charge is 0.353 e. The van der Waals surface area contributed by atoms with Gasteiger partial charge in [-0.3, -0.25) is 0 Å². The quantitative estimate of drug-likeness (QED) is 0.706. The number of ether oxygens (including phenoxy) is 2. The number of hydrogen-bond donors (Lipinski definition) is 0. The molecule has 1 unspecified atom stereocenters. The molecule has 0 aliphatic carbocycles. The molecule has 2 heteroatoms. The lowest BCUT2D eigenvalue weighted by Gasteiger charge is -2.22. The van der Waals surface area contributed by atoms with Crippen LogP contribution < -0.4 is 0 Å². The summed E-state index contributed by atoms with van der Waals surface area (Å²) in [5, 5.41) is 0. The van der Waals surface area contributed by atoms with Crippen molar-refractivity contribution >= 4 is 5.57 Å². The van der Waals surface area contributed by atoms with Crippen LogP contribution in [0.1, 0.15) is 37.7 Å². The monoisotopic (exact) mass is 246 g/mol. The maximum Gasteiger partial charge on any atom is 0.157 e. The second kappa shape index (κ2) is 7.34. The number of rotatable bonds is 6. The van der Waals surface area contributed by atoms with E-state index < -0.39 is 0 Å². The lowest BCUT2D eigenvalue weighted by Crippen LogP contribution is -2.22. The van der Waals surface area contributed by atoms with Gasteiger partial charge in [-0.25, -0.2) is 0 Å². The topological polar surface area (TPSA) is 18.5 Å². The second-order valence-electron chi connectivity index (χ2n) is 4.74. The van der Waals surface area contributed by atoms with Crippen molar-refractivity contribution in [3.05, 3.63) is 42.5 Å². The van der Waals surface area contributed by atoms with Gasteiger partial charge in [0.1, 0.15) is 0 Å². The van der Waals surface area contributed by atoms with E-state index in [1.807, 2.05) is 18.2 Å². The van der Waals surface area contributed by atoms with Gasteiger partial charge in [0, 0.05) is 6.61 Å². The highest BCUT2D eigenvalue weighted by molar-refractivity contribution is 5.62. The third-order valence-corrected chi connectivity index (χ3v) is 3.25. The van der Waals surface area contributed by atoms with E-state index >= 15 is 0 Å². The summed E-state index contributed by atoms with van der Waals surface area (Å²) < 4.78 is 11.2. The van der Waals surface area contributed by atoms with Crippen LogP contribution in [0.2, 0.25) is 0 Å². The molecular weight excluding hydrogens is 224 g/mol. The molecule has 0 radical (unpaired) electrons. The van der Waals surface area contributed by atoms with Gasteiger partial charge in [0.15, 0.2) is 6.29 Å². The molecule has 2 nitrogen and oxygen atoms in total. The van der Waals surface area contributed by atoms with Crippen molar-refractivity contribution in [3.63, 3.8) is 0 Å². The SMILES string of the molecule is C=C(CCCOC1CCCCO1)c1ccccc1. The van der Waals surface area contributed by atoms with E-state index in [1.165, 1.54) is 24.0 Å². The second-order valence-corrected chi connectivity index (χ2v) is 4.74. The highest BCUT2D eigenvalue weighted by Gasteiger charge is 2.13. The summed E-state index contributed by atoms with van der Waals surface area (Å²) in [7, 11) is 0. The summed E-state index contributed by atoms with van der Waals surface area (Å²) in [4.78, 5) is 0. The van der Waals surface area contributed by atoms with Crippen LogP contribution >= 0.6 is 0 Å². The van der Waals surface area contributed by atoms with Crippen LogP contribution in [0, 0.1) is 0 Å². The first-order valence-corrected chi connectivity index (χ1v) is 6.82. The summed E-state index contributed by atoms with van der Waals surface area (Å²) in [6, 6.07) is 10.3. The number of allylic oxidation sites excluding steroid dienone is 1. The molecule has 0 aromatic heterocycles. The fraction of sp³-hybridized carbons (Fsp3) is 0.500. The molecule has 2 rings (SSSR count). The van der Waals surface area contributed by atoms with Crippen molar-refractivity contribution in [2.45, 2.75) is 38.4 Å². The molecule has 18 heavy (non-hydrogen) atoms. The van der Waals surface area contributed by atoms with Gasteiger partial charge < -0.3 is 9.47 Å². The van der Waals surface area contributed by atoms with Gasteiger partial charge in [-0.05, 0) is 43.2 Å². The summed E-state index contributed by atoms with van der Waals surface area (Å²) in [5.41, 5.74) is 2.41. The van der Waals surface area contributed by atoms with Crippen molar-refractivity contribution in [3.8, 4) is 0 Å². The zero-order chi connectivity index (χ0) is 12.6. The molecule has 0 bridgehead atoms. The van der Waals surface area contributed by atoms with Gasteiger partial charge in [0.25, 0.3) is 0 Å². The van der Waals surface area contributed by atoms with Crippen molar-refractivity contribution in [1.82, 2.24) is 0 Å². The van der Waals surface area contributed by atoms with E-state index in [0.717, 1.165) is 32.5 Å². The third kappa shape index (κ3) is 4.28. The van der Waals surface area contributed by atoms with E-state index in [9.17, 15) is 0 Å². The zero-order valence-electron chi connectivity index (χ0n) is 10.9. The summed E-state index contributed by atoms with van der Waals surface area (Å²) in [6.07, 6.45) is 5.46. The molecule has 1 fully saturated rings. The molecular formula is C16H22O2. The Morgan fingerprint density at radius 1 is 1.28 bits per heavy atom. The molecule has 1 saturated heterocycles. The van der Waals surface area contributed by atoms with E-state index in [4.69, 9.17) is 9.47 Å². The van der Waals surface area contributed by atoms with Crippen LogP contribution in [-0.4, -0.2) is 19.5 Å². The molecule has 1 aliphatic heterocycles. The van der Waals surface area contributed by atoms with E-state index in [-0.39, 0.29) is 6.29 Å². The fourth-order valence-electron chi connectivity index (χ4n) is 2.16. The van der Waals surface area contributed by atoms with E-state index in [0.29, 0.717) is 0 Å². The average molecular weight is 246 g/mol. The van der Waals surface area contributed by atoms with Gasteiger partial charge in [0.05, 0.1) is 6.61 Å². The Balaban J connectivity index is 1.62. The predicted octanol–water partition coefficient (Wildman–Crippen LogP) is 4.02. The molecule has 0 spiro atoms.